The number of carbonyl (C=O) groups is 1. The van der Waals surface area contributed by atoms with Crippen LogP contribution in [0.25, 0.3) is 10.9 Å². The highest BCUT2D eigenvalue weighted by Crippen LogP contribution is 2.22. The number of hydrogen-bond donors (Lipinski definition) is 0. The van der Waals surface area contributed by atoms with Crippen molar-refractivity contribution in [2.75, 3.05) is 0 Å². The fraction of sp³-hybridized carbons (Fsp3) is 0.235. The van der Waals surface area contributed by atoms with Gasteiger partial charge in [0, 0.05) is 10.4 Å². The summed E-state index contributed by atoms with van der Waals surface area (Å²) in [6, 6.07) is 7.11. The second-order valence-corrected chi connectivity index (χ2v) is 5.77. The van der Waals surface area contributed by atoms with E-state index in [9.17, 15) is 4.79 Å². The molecule has 1 aromatic carbocycles. The molecule has 0 saturated carbocycles. The Kier molecular flexibility index (Phi) is 4.05. The normalized spacial score (nSPS) is 11.0. The summed E-state index contributed by atoms with van der Waals surface area (Å²) in [5, 5.41) is 5.24. The molecular weight excluding hydrogens is 316 g/mol. The molecule has 2 aromatic heterocycles. The Hall–Kier alpha value is -2.40. The van der Waals surface area contributed by atoms with Gasteiger partial charge < -0.3 is 9.26 Å². The van der Waals surface area contributed by atoms with Crippen LogP contribution in [0.15, 0.2) is 28.8 Å². The van der Waals surface area contributed by atoms with Gasteiger partial charge in [0.1, 0.15) is 12.4 Å². The van der Waals surface area contributed by atoms with Crippen molar-refractivity contribution in [1.29, 1.82) is 0 Å². The Labute approximate surface area is 138 Å². The van der Waals surface area contributed by atoms with E-state index in [1.165, 1.54) is 0 Å². The summed E-state index contributed by atoms with van der Waals surface area (Å²) >= 11 is 5.99. The maximum Gasteiger partial charge on any atom is 0.340 e. The molecule has 23 heavy (non-hydrogen) atoms. The van der Waals surface area contributed by atoms with Crippen LogP contribution in [-0.4, -0.2) is 16.1 Å². The van der Waals surface area contributed by atoms with Crippen molar-refractivity contribution in [3.8, 4) is 0 Å². The van der Waals surface area contributed by atoms with E-state index in [1.807, 2.05) is 13.0 Å². The van der Waals surface area contributed by atoms with Crippen molar-refractivity contribution >= 4 is 28.5 Å². The summed E-state index contributed by atoms with van der Waals surface area (Å²) in [4.78, 5) is 16.8. The molecule has 0 unspecified atom stereocenters. The Morgan fingerprint density at radius 1 is 1.22 bits per heavy atom. The number of aryl methyl sites for hydroxylation is 3. The lowest BCUT2D eigenvalue weighted by Crippen LogP contribution is -2.09. The predicted molar refractivity (Wildman–Crippen MR) is 86.6 cm³/mol. The summed E-state index contributed by atoms with van der Waals surface area (Å²) in [5.74, 6) is 0.215. The minimum atomic E-state index is -0.433. The van der Waals surface area contributed by atoms with Gasteiger partial charge in [0.25, 0.3) is 0 Å². The fourth-order valence-electron chi connectivity index (χ4n) is 2.37. The lowest BCUT2D eigenvalue weighted by atomic mass is 10.1. The average molecular weight is 331 g/mol. The van der Waals surface area contributed by atoms with Crippen LogP contribution in [0.2, 0.25) is 5.02 Å². The average Bonchev–Trinajstić information content (AvgIpc) is 2.83. The predicted octanol–water partition coefficient (Wildman–Crippen LogP) is 4.16. The first-order valence-electron chi connectivity index (χ1n) is 7.11. The molecule has 0 aliphatic carbocycles. The van der Waals surface area contributed by atoms with Gasteiger partial charge in [0.2, 0.25) is 0 Å². The molecule has 3 rings (SSSR count). The van der Waals surface area contributed by atoms with Crippen LogP contribution >= 0.6 is 11.6 Å². The lowest BCUT2D eigenvalue weighted by molar-refractivity contribution is 0.0469. The van der Waals surface area contributed by atoms with Gasteiger partial charge in [-0.05, 0) is 45.0 Å². The van der Waals surface area contributed by atoms with E-state index in [1.54, 1.807) is 32.0 Å². The van der Waals surface area contributed by atoms with E-state index < -0.39 is 5.97 Å². The summed E-state index contributed by atoms with van der Waals surface area (Å²) in [6.45, 7) is 5.49. The zero-order valence-corrected chi connectivity index (χ0v) is 13.8. The minimum absolute atomic E-state index is 0.118. The van der Waals surface area contributed by atoms with E-state index >= 15 is 0 Å². The standard InChI is InChI=1S/C17H15ClN2O3/c1-9-14(7-12-6-13(18)4-5-16(12)19-9)17(21)22-8-15-10(2)20-23-11(15)3/h4-7H,8H2,1-3H3. The highest BCUT2D eigenvalue weighted by atomic mass is 35.5. The van der Waals surface area contributed by atoms with Gasteiger partial charge in [-0.2, -0.15) is 0 Å². The number of benzene rings is 1. The van der Waals surface area contributed by atoms with E-state index in [-0.39, 0.29) is 6.61 Å². The Morgan fingerprint density at radius 2 is 2.00 bits per heavy atom. The molecule has 0 fully saturated rings. The van der Waals surface area contributed by atoms with Gasteiger partial charge in [-0.25, -0.2) is 4.79 Å². The first kappa shape index (κ1) is 15.5. The molecule has 2 heterocycles. The van der Waals surface area contributed by atoms with Gasteiger partial charge in [-0.3, -0.25) is 4.98 Å². The molecule has 0 bridgehead atoms. The van der Waals surface area contributed by atoms with E-state index in [0.29, 0.717) is 22.0 Å². The second kappa shape index (κ2) is 6.01. The number of carbonyl (C=O) groups excluding carboxylic acids is 1. The van der Waals surface area contributed by atoms with Gasteiger partial charge >= 0.3 is 5.97 Å². The van der Waals surface area contributed by atoms with Crippen LogP contribution in [0, 0.1) is 20.8 Å². The van der Waals surface area contributed by atoms with Crippen LogP contribution < -0.4 is 0 Å². The SMILES string of the molecule is Cc1nc2ccc(Cl)cc2cc1C(=O)OCc1c(C)noc1C. The second-order valence-electron chi connectivity index (χ2n) is 5.34. The van der Waals surface area contributed by atoms with Crippen molar-refractivity contribution in [3.63, 3.8) is 0 Å². The summed E-state index contributed by atoms with van der Waals surface area (Å²) in [7, 11) is 0. The lowest BCUT2D eigenvalue weighted by Gasteiger charge is -2.08. The third kappa shape index (κ3) is 3.05. The largest absolute Gasteiger partial charge is 0.457 e. The molecule has 118 valence electrons. The molecule has 0 aliphatic rings. The van der Waals surface area contributed by atoms with Crippen molar-refractivity contribution in [2.45, 2.75) is 27.4 Å². The molecule has 0 radical (unpaired) electrons. The molecule has 0 N–H and O–H groups in total. The molecule has 0 saturated heterocycles. The van der Waals surface area contributed by atoms with Crippen molar-refractivity contribution in [3.05, 3.63) is 57.6 Å². The van der Waals surface area contributed by atoms with Crippen LogP contribution in [0.5, 0.6) is 0 Å². The van der Waals surface area contributed by atoms with Crippen LogP contribution in [0.3, 0.4) is 0 Å². The van der Waals surface area contributed by atoms with Gasteiger partial charge in [-0.1, -0.05) is 16.8 Å². The fourth-order valence-corrected chi connectivity index (χ4v) is 2.55. The van der Waals surface area contributed by atoms with Gasteiger partial charge in [0.15, 0.2) is 0 Å². The van der Waals surface area contributed by atoms with Crippen LogP contribution in [0.1, 0.15) is 33.1 Å². The van der Waals surface area contributed by atoms with Crippen molar-refractivity contribution < 1.29 is 14.1 Å². The monoisotopic (exact) mass is 330 g/mol. The number of esters is 1. The van der Waals surface area contributed by atoms with E-state index in [4.69, 9.17) is 20.9 Å². The van der Waals surface area contributed by atoms with Crippen LogP contribution in [-0.2, 0) is 11.3 Å². The van der Waals surface area contributed by atoms with Crippen molar-refractivity contribution in [1.82, 2.24) is 10.1 Å². The third-order valence-corrected chi connectivity index (χ3v) is 3.95. The number of pyridine rings is 1. The molecule has 0 aliphatic heterocycles. The summed E-state index contributed by atoms with van der Waals surface area (Å²) < 4.78 is 10.4. The third-order valence-electron chi connectivity index (χ3n) is 3.72. The smallest absolute Gasteiger partial charge is 0.340 e. The molecule has 5 nitrogen and oxygen atoms in total. The first-order chi connectivity index (χ1) is 11.0. The van der Waals surface area contributed by atoms with E-state index in [2.05, 4.69) is 10.1 Å². The Balaban J connectivity index is 1.87. The maximum absolute atomic E-state index is 12.4. The Morgan fingerprint density at radius 3 is 2.70 bits per heavy atom. The van der Waals surface area contributed by atoms with Crippen LogP contribution in [0.4, 0.5) is 0 Å². The summed E-state index contributed by atoms with van der Waals surface area (Å²) in [5.41, 5.74) is 3.33. The van der Waals surface area contributed by atoms with E-state index in [0.717, 1.165) is 22.2 Å². The zero-order valence-electron chi connectivity index (χ0n) is 13.0. The number of ether oxygens (including phenoxy) is 1. The molecule has 6 heteroatoms. The first-order valence-corrected chi connectivity index (χ1v) is 7.49. The number of halogens is 1. The Bertz CT molecular complexity index is 883. The number of fused-ring (bicyclic) bond motifs is 1. The minimum Gasteiger partial charge on any atom is -0.457 e. The highest BCUT2D eigenvalue weighted by molar-refractivity contribution is 6.31. The molecular formula is C17H15ClN2O3. The number of aromatic nitrogens is 2. The maximum atomic E-state index is 12.4. The van der Waals surface area contributed by atoms with Gasteiger partial charge in [-0.15, -0.1) is 0 Å². The quantitative estimate of drug-likeness (QED) is 0.675. The molecule has 3 aromatic rings. The molecule has 0 amide bonds. The van der Waals surface area contributed by atoms with Crippen molar-refractivity contribution in [2.24, 2.45) is 0 Å². The highest BCUT2D eigenvalue weighted by Gasteiger charge is 2.16. The zero-order chi connectivity index (χ0) is 16.6. The number of hydrogen-bond acceptors (Lipinski definition) is 5. The molecule has 0 spiro atoms. The molecule has 0 atom stereocenters. The topological polar surface area (TPSA) is 65.2 Å². The summed E-state index contributed by atoms with van der Waals surface area (Å²) in [6.07, 6.45) is 0. The number of nitrogens with zero attached hydrogens (tertiary/aromatic N) is 2. The van der Waals surface area contributed by atoms with Gasteiger partial charge in [0.05, 0.1) is 28.0 Å². The number of rotatable bonds is 3.